The lowest BCUT2D eigenvalue weighted by molar-refractivity contribution is -0.141. The second kappa shape index (κ2) is 5.82. The van der Waals surface area contributed by atoms with Gasteiger partial charge in [-0.15, -0.1) is 0 Å². The number of halogens is 1. The number of ether oxygens (including phenoxy) is 1. The Morgan fingerprint density at radius 3 is 2.50 bits per heavy atom. The Hall–Kier alpha value is -1.12. The molecule has 1 aromatic carbocycles. The summed E-state index contributed by atoms with van der Waals surface area (Å²) >= 11 is 3.29. The predicted molar refractivity (Wildman–Crippen MR) is 85.4 cm³/mol. The lowest BCUT2D eigenvalue weighted by atomic mass is 10.1. The fourth-order valence-electron chi connectivity index (χ4n) is 2.26. The molecule has 1 saturated carbocycles. The number of benzene rings is 1. The van der Waals surface area contributed by atoms with Gasteiger partial charge < -0.3 is 9.84 Å². The highest BCUT2D eigenvalue weighted by atomic mass is 79.9. The maximum atomic E-state index is 12.6. The number of carboxylic acids is 1. The Labute approximate surface area is 138 Å². The van der Waals surface area contributed by atoms with Crippen LogP contribution in [0.3, 0.4) is 0 Å². The van der Waals surface area contributed by atoms with Gasteiger partial charge in [0.2, 0.25) is 10.0 Å². The van der Waals surface area contributed by atoms with Crippen LogP contribution in [-0.4, -0.2) is 42.7 Å². The van der Waals surface area contributed by atoms with Crippen LogP contribution in [0.1, 0.15) is 31.4 Å². The van der Waals surface area contributed by atoms with E-state index in [0.717, 1.165) is 4.31 Å². The molecule has 2 rings (SSSR count). The molecule has 0 spiro atoms. The quantitative estimate of drug-likeness (QED) is 0.804. The third-order valence-electron chi connectivity index (χ3n) is 4.05. The summed E-state index contributed by atoms with van der Waals surface area (Å²) in [6, 6.07) is 3.53. The Kier molecular flexibility index (Phi) is 4.56. The minimum Gasteiger partial charge on any atom is -0.497 e. The van der Waals surface area contributed by atoms with Gasteiger partial charge in [-0.05, 0) is 43.5 Å². The Morgan fingerprint density at radius 2 is 2.05 bits per heavy atom. The third kappa shape index (κ3) is 2.87. The molecule has 1 aromatic rings. The molecule has 0 aliphatic heterocycles. The zero-order valence-corrected chi connectivity index (χ0v) is 14.9. The molecule has 0 aromatic heterocycles. The number of rotatable bonds is 6. The minimum absolute atomic E-state index is 0.335. The summed E-state index contributed by atoms with van der Waals surface area (Å²) in [6.07, 6.45) is 1.09. The van der Waals surface area contributed by atoms with Crippen molar-refractivity contribution in [2.75, 3.05) is 14.2 Å². The lowest BCUT2D eigenvalue weighted by Crippen LogP contribution is -2.41. The molecule has 6 nitrogen and oxygen atoms in total. The van der Waals surface area contributed by atoms with Crippen LogP contribution >= 0.6 is 15.9 Å². The van der Waals surface area contributed by atoms with Crippen LogP contribution in [0.15, 0.2) is 22.7 Å². The number of sulfonamides is 1. The van der Waals surface area contributed by atoms with E-state index in [1.54, 1.807) is 19.1 Å². The van der Waals surface area contributed by atoms with E-state index in [4.69, 9.17) is 4.74 Å². The van der Waals surface area contributed by atoms with E-state index >= 15 is 0 Å². The largest absolute Gasteiger partial charge is 0.497 e. The Bertz CT molecular complexity index is 699. The van der Waals surface area contributed by atoms with Gasteiger partial charge >= 0.3 is 5.97 Å². The molecule has 1 aliphatic rings. The summed E-state index contributed by atoms with van der Waals surface area (Å²) in [5, 5.41) is 9.57. The summed E-state index contributed by atoms with van der Waals surface area (Å²) in [4.78, 5) is 11.7. The van der Waals surface area contributed by atoms with Crippen molar-refractivity contribution in [1.82, 2.24) is 4.31 Å². The Morgan fingerprint density at radius 1 is 1.45 bits per heavy atom. The summed E-state index contributed by atoms with van der Waals surface area (Å²) in [6.45, 7) is 1.64. The van der Waals surface area contributed by atoms with Gasteiger partial charge in [-0.1, -0.05) is 15.9 Å². The van der Waals surface area contributed by atoms with Gasteiger partial charge in [0, 0.05) is 11.5 Å². The van der Waals surface area contributed by atoms with E-state index < -0.39 is 26.8 Å². The van der Waals surface area contributed by atoms with Gasteiger partial charge in [0.15, 0.2) is 0 Å². The first-order valence-corrected chi connectivity index (χ1v) is 8.91. The van der Waals surface area contributed by atoms with Crippen molar-refractivity contribution >= 4 is 31.9 Å². The molecule has 0 saturated heterocycles. The molecule has 0 bridgehead atoms. The molecule has 1 unspecified atom stereocenters. The lowest BCUT2D eigenvalue weighted by Gasteiger charge is -2.28. The van der Waals surface area contributed by atoms with Crippen molar-refractivity contribution in [3.05, 3.63) is 28.2 Å². The van der Waals surface area contributed by atoms with Crippen molar-refractivity contribution in [3.63, 3.8) is 0 Å². The average Bonchev–Trinajstić information content (AvgIpc) is 3.20. The first-order chi connectivity index (χ1) is 10.1. The second-order valence-electron chi connectivity index (χ2n) is 5.60. The number of hydrogen-bond donors (Lipinski definition) is 1. The van der Waals surface area contributed by atoms with E-state index in [-0.39, 0.29) is 0 Å². The first-order valence-electron chi connectivity index (χ1n) is 6.68. The number of aliphatic carboxylic acids is 1. The smallest absolute Gasteiger partial charge is 0.326 e. The SMILES string of the molecule is COc1ccc(Br)c(C(C(=O)O)N(C)S(=O)(=O)C2(C)CC2)c1. The highest BCUT2D eigenvalue weighted by Crippen LogP contribution is 2.46. The fourth-order valence-corrected chi connectivity index (χ4v) is 4.52. The zero-order valence-electron chi connectivity index (χ0n) is 12.5. The first kappa shape index (κ1) is 17.2. The van der Waals surface area contributed by atoms with Crippen LogP contribution < -0.4 is 4.74 Å². The van der Waals surface area contributed by atoms with Gasteiger partial charge in [0.05, 0.1) is 11.9 Å². The van der Waals surface area contributed by atoms with E-state index in [0.29, 0.717) is 28.6 Å². The number of nitrogens with zero attached hydrogens (tertiary/aromatic N) is 1. The minimum atomic E-state index is -3.70. The van der Waals surface area contributed by atoms with Gasteiger partial charge in [-0.3, -0.25) is 4.79 Å². The van der Waals surface area contributed by atoms with E-state index in [1.807, 2.05) is 0 Å². The number of likely N-dealkylation sites (N-methyl/N-ethyl adjacent to an activating group) is 1. The van der Waals surface area contributed by atoms with Gasteiger partial charge in [-0.2, -0.15) is 4.31 Å². The monoisotopic (exact) mass is 391 g/mol. The maximum Gasteiger partial charge on any atom is 0.326 e. The van der Waals surface area contributed by atoms with Crippen LogP contribution in [0.5, 0.6) is 5.75 Å². The highest BCUT2D eigenvalue weighted by Gasteiger charge is 2.54. The molecule has 22 heavy (non-hydrogen) atoms. The summed E-state index contributed by atoms with van der Waals surface area (Å²) in [7, 11) is -0.927. The number of hydrogen-bond acceptors (Lipinski definition) is 4. The Balaban J connectivity index is 2.50. The number of carboxylic acid groups (broad SMARTS) is 1. The van der Waals surface area contributed by atoms with Crippen molar-refractivity contribution in [2.45, 2.75) is 30.6 Å². The molecule has 0 heterocycles. The van der Waals surface area contributed by atoms with Crippen LogP contribution in [-0.2, 0) is 14.8 Å². The normalized spacial score (nSPS) is 18.0. The van der Waals surface area contributed by atoms with E-state index in [2.05, 4.69) is 15.9 Å². The van der Waals surface area contributed by atoms with Gasteiger partial charge in [0.25, 0.3) is 0 Å². The summed E-state index contributed by atoms with van der Waals surface area (Å²) in [5.74, 6) is -0.767. The van der Waals surface area contributed by atoms with Crippen LogP contribution in [0.2, 0.25) is 0 Å². The highest BCUT2D eigenvalue weighted by molar-refractivity contribution is 9.10. The number of carbonyl (C=O) groups is 1. The van der Waals surface area contributed by atoms with Crippen molar-refractivity contribution in [2.24, 2.45) is 0 Å². The molecule has 0 amide bonds. The van der Waals surface area contributed by atoms with Gasteiger partial charge in [0.1, 0.15) is 11.8 Å². The molecular weight excluding hydrogens is 374 g/mol. The zero-order chi connectivity index (χ0) is 16.7. The van der Waals surface area contributed by atoms with Crippen molar-refractivity contribution in [3.8, 4) is 5.75 Å². The molecule has 1 N–H and O–H groups in total. The molecule has 1 fully saturated rings. The summed E-state index contributed by atoms with van der Waals surface area (Å²) in [5.41, 5.74) is 0.335. The van der Waals surface area contributed by atoms with Crippen molar-refractivity contribution in [1.29, 1.82) is 0 Å². The fraction of sp³-hybridized carbons (Fsp3) is 0.500. The van der Waals surface area contributed by atoms with E-state index in [1.165, 1.54) is 20.2 Å². The molecule has 8 heteroatoms. The van der Waals surface area contributed by atoms with E-state index in [9.17, 15) is 18.3 Å². The topological polar surface area (TPSA) is 83.9 Å². The molecule has 0 radical (unpaired) electrons. The van der Waals surface area contributed by atoms with Crippen LogP contribution in [0, 0.1) is 0 Å². The number of methoxy groups -OCH3 is 1. The average molecular weight is 392 g/mol. The molecule has 1 atom stereocenters. The maximum absolute atomic E-state index is 12.6. The second-order valence-corrected chi connectivity index (χ2v) is 8.97. The molecule has 1 aliphatic carbocycles. The molecular formula is C14H18BrNO5S. The molecule has 122 valence electrons. The van der Waals surface area contributed by atoms with Crippen LogP contribution in [0.25, 0.3) is 0 Å². The standard InChI is InChI=1S/C14H18BrNO5S/c1-14(6-7-14)22(19,20)16(2)12(13(17)18)10-8-9(21-3)4-5-11(10)15/h4-5,8,12H,6-7H2,1-3H3,(H,17,18). The summed E-state index contributed by atoms with van der Waals surface area (Å²) < 4.78 is 30.9. The third-order valence-corrected chi connectivity index (χ3v) is 7.40. The van der Waals surface area contributed by atoms with Gasteiger partial charge in [-0.25, -0.2) is 8.42 Å². The van der Waals surface area contributed by atoms with Crippen LogP contribution in [0.4, 0.5) is 0 Å². The predicted octanol–water partition coefficient (Wildman–Crippen LogP) is 2.40. The van der Waals surface area contributed by atoms with Crippen molar-refractivity contribution < 1.29 is 23.1 Å².